The first kappa shape index (κ1) is 24.1. The summed E-state index contributed by atoms with van der Waals surface area (Å²) in [7, 11) is 0. The molecule has 0 atom stereocenters. The SMILES string of the molecule is Cc1cc(NC(=O)COC(=O)CCCC(=O)NNC(=O)c2ccccc2)c(C)cc1Br. The maximum atomic E-state index is 12.0. The first-order valence-corrected chi connectivity index (χ1v) is 10.4. The minimum atomic E-state index is -0.583. The predicted octanol–water partition coefficient (Wildman–Crippen LogP) is 3.18. The Bertz CT molecular complexity index is 963. The lowest BCUT2D eigenvalue weighted by Gasteiger charge is -2.11. The molecule has 2 aromatic carbocycles. The topological polar surface area (TPSA) is 114 Å². The molecule has 164 valence electrons. The fourth-order valence-electron chi connectivity index (χ4n) is 2.56. The fraction of sp³-hybridized carbons (Fsp3) is 0.273. The summed E-state index contributed by atoms with van der Waals surface area (Å²) in [6.07, 6.45) is 0.218. The highest BCUT2D eigenvalue weighted by Gasteiger charge is 2.12. The number of aryl methyl sites for hydroxylation is 2. The molecule has 0 saturated heterocycles. The minimum Gasteiger partial charge on any atom is -0.456 e. The zero-order valence-corrected chi connectivity index (χ0v) is 18.9. The second kappa shape index (κ2) is 11.8. The quantitative estimate of drug-likeness (QED) is 0.389. The first-order chi connectivity index (χ1) is 14.8. The average molecular weight is 490 g/mol. The smallest absolute Gasteiger partial charge is 0.306 e. The number of nitrogens with one attached hydrogen (secondary N) is 3. The lowest BCUT2D eigenvalue weighted by atomic mass is 10.1. The van der Waals surface area contributed by atoms with Crippen LogP contribution in [-0.4, -0.2) is 30.3 Å². The van der Waals surface area contributed by atoms with Gasteiger partial charge in [0.2, 0.25) is 5.91 Å². The van der Waals surface area contributed by atoms with Gasteiger partial charge in [0.1, 0.15) is 0 Å². The number of hydrogen-bond donors (Lipinski definition) is 3. The first-order valence-electron chi connectivity index (χ1n) is 9.62. The Morgan fingerprint density at radius 2 is 1.61 bits per heavy atom. The molecule has 0 bridgehead atoms. The molecule has 3 N–H and O–H groups in total. The van der Waals surface area contributed by atoms with E-state index in [0.717, 1.165) is 15.6 Å². The number of esters is 1. The summed E-state index contributed by atoms with van der Waals surface area (Å²) in [5.41, 5.74) is 7.50. The average Bonchev–Trinajstić information content (AvgIpc) is 2.75. The summed E-state index contributed by atoms with van der Waals surface area (Å²) in [4.78, 5) is 47.4. The number of carbonyl (C=O) groups is 4. The molecular weight excluding hydrogens is 466 g/mol. The molecule has 3 amide bonds. The predicted molar refractivity (Wildman–Crippen MR) is 119 cm³/mol. The van der Waals surface area contributed by atoms with E-state index in [1.165, 1.54) is 0 Å². The van der Waals surface area contributed by atoms with Crippen LogP contribution >= 0.6 is 15.9 Å². The van der Waals surface area contributed by atoms with Gasteiger partial charge in [-0.05, 0) is 55.7 Å². The molecule has 0 spiro atoms. The molecule has 2 rings (SSSR count). The number of rotatable bonds is 8. The van der Waals surface area contributed by atoms with Crippen molar-refractivity contribution in [1.82, 2.24) is 10.9 Å². The summed E-state index contributed by atoms with van der Waals surface area (Å²) >= 11 is 3.43. The van der Waals surface area contributed by atoms with Gasteiger partial charge in [0.15, 0.2) is 6.61 Å². The van der Waals surface area contributed by atoms with Gasteiger partial charge in [0, 0.05) is 28.6 Å². The van der Waals surface area contributed by atoms with Crippen LogP contribution in [0.4, 0.5) is 5.69 Å². The van der Waals surface area contributed by atoms with Gasteiger partial charge in [0.05, 0.1) is 0 Å². The summed E-state index contributed by atoms with van der Waals surface area (Å²) in [5, 5.41) is 2.71. The van der Waals surface area contributed by atoms with Gasteiger partial charge in [-0.3, -0.25) is 30.0 Å². The van der Waals surface area contributed by atoms with Gasteiger partial charge in [-0.1, -0.05) is 34.1 Å². The molecular formula is C22H24BrN3O5. The minimum absolute atomic E-state index is 0.0216. The van der Waals surface area contributed by atoms with E-state index in [-0.39, 0.29) is 19.3 Å². The fourth-order valence-corrected chi connectivity index (χ4v) is 3.02. The van der Waals surface area contributed by atoms with Crippen LogP contribution in [0, 0.1) is 13.8 Å². The summed E-state index contributed by atoms with van der Waals surface area (Å²) in [6, 6.07) is 12.2. The summed E-state index contributed by atoms with van der Waals surface area (Å²) < 4.78 is 5.89. The van der Waals surface area contributed by atoms with Crippen molar-refractivity contribution in [2.24, 2.45) is 0 Å². The Balaban J connectivity index is 1.63. The van der Waals surface area contributed by atoms with Crippen molar-refractivity contribution < 1.29 is 23.9 Å². The largest absolute Gasteiger partial charge is 0.456 e. The van der Waals surface area contributed by atoms with E-state index >= 15 is 0 Å². The Hall–Kier alpha value is -3.20. The van der Waals surface area contributed by atoms with Crippen molar-refractivity contribution in [2.75, 3.05) is 11.9 Å². The summed E-state index contributed by atoms with van der Waals surface area (Å²) in [6.45, 7) is 3.36. The van der Waals surface area contributed by atoms with Crippen LogP contribution in [0.15, 0.2) is 46.9 Å². The van der Waals surface area contributed by atoms with E-state index in [9.17, 15) is 19.2 Å². The van der Waals surface area contributed by atoms with E-state index < -0.39 is 30.3 Å². The maximum absolute atomic E-state index is 12.0. The lowest BCUT2D eigenvalue weighted by molar-refractivity contribution is -0.147. The number of carbonyl (C=O) groups excluding carboxylic acids is 4. The van der Waals surface area contributed by atoms with Crippen LogP contribution in [0.3, 0.4) is 0 Å². The standard InChI is InChI=1S/C22H24BrN3O5/c1-14-12-18(15(2)11-17(14)23)24-20(28)13-31-21(29)10-6-9-19(27)25-26-22(30)16-7-4-3-5-8-16/h3-5,7-8,11-12H,6,9-10,13H2,1-2H3,(H,24,28)(H,25,27)(H,26,30). The Labute approximate surface area is 188 Å². The number of hydrogen-bond acceptors (Lipinski definition) is 5. The molecule has 0 radical (unpaired) electrons. The monoisotopic (exact) mass is 489 g/mol. The number of anilines is 1. The van der Waals surface area contributed by atoms with Gasteiger partial charge in [-0.25, -0.2) is 0 Å². The Kier molecular flexibility index (Phi) is 9.20. The second-order valence-electron chi connectivity index (χ2n) is 6.85. The molecule has 0 aliphatic heterocycles. The zero-order chi connectivity index (χ0) is 22.8. The molecule has 0 aromatic heterocycles. The highest BCUT2D eigenvalue weighted by Crippen LogP contribution is 2.24. The number of ether oxygens (including phenoxy) is 1. The van der Waals surface area contributed by atoms with Crippen LogP contribution in [-0.2, 0) is 19.1 Å². The van der Waals surface area contributed by atoms with Crippen molar-refractivity contribution >= 4 is 45.3 Å². The second-order valence-corrected chi connectivity index (χ2v) is 7.70. The number of benzene rings is 2. The van der Waals surface area contributed by atoms with E-state index in [4.69, 9.17) is 4.74 Å². The number of amides is 3. The normalized spacial score (nSPS) is 10.2. The molecule has 0 heterocycles. The van der Waals surface area contributed by atoms with Crippen LogP contribution in [0.2, 0.25) is 0 Å². The third-order valence-electron chi connectivity index (χ3n) is 4.28. The van der Waals surface area contributed by atoms with E-state index in [1.54, 1.807) is 30.3 Å². The van der Waals surface area contributed by atoms with Gasteiger partial charge < -0.3 is 10.1 Å². The maximum Gasteiger partial charge on any atom is 0.306 e. The van der Waals surface area contributed by atoms with Gasteiger partial charge in [0.25, 0.3) is 11.8 Å². The van der Waals surface area contributed by atoms with Crippen molar-refractivity contribution in [2.45, 2.75) is 33.1 Å². The van der Waals surface area contributed by atoms with Crippen LogP contribution in [0.25, 0.3) is 0 Å². The van der Waals surface area contributed by atoms with E-state index in [2.05, 4.69) is 32.1 Å². The number of halogens is 1. The van der Waals surface area contributed by atoms with E-state index in [1.807, 2.05) is 26.0 Å². The lowest BCUT2D eigenvalue weighted by Crippen LogP contribution is -2.41. The van der Waals surface area contributed by atoms with Gasteiger partial charge in [-0.2, -0.15) is 0 Å². The highest BCUT2D eigenvalue weighted by atomic mass is 79.9. The molecule has 0 aliphatic carbocycles. The Morgan fingerprint density at radius 3 is 2.32 bits per heavy atom. The highest BCUT2D eigenvalue weighted by molar-refractivity contribution is 9.10. The van der Waals surface area contributed by atoms with Gasteiger partial charge >= 0.3 is 5.97 Å². The van der Waals surface area contributed by atoms with Gasteiger partial charge in [-0.15, -0.1) is 0 Å². The summed E-state index contributed by atoms with van der Waals surface area (Å²) in [5.74, 6) is -1.90. The van der Waals surface area contributed by atoms with Crippen LogP contribution in [0.1, 0.15) is 40.7 Å². The molecule has 2 aromatic rings. The van der Waals surface area contributed by atoms with Crippen molar-refractivity contribution in [3.63, 3.8) is 0 Å². The van der Waals surface area contributed by atoms with E-state index in [0.29, 0.717) is 11.3 Å². The molecule has 8 nitrogen and oxygen atoms in total. The third-order valence-corrected chi connectivity index (χ3v) is 5.13. The number of hydrazine groups is 1. The molecule has 0 unspecified atom stereocenters. The van der Waals surface area contributed by atoms with Crippen molar-refractivity contribution in [3.8, 4) is 0 Å². The van der Waals surface area contributed by atoms with Crippen molar-refractivity contribution in [3.05, 3.63) is 63.6 Å². The van der Waals surface area contributed by atoms with Crippen LogP contribution < -0.4 is 16.2 Å². The molecule has 0 aliphatic rings. The van der Waals surface area contributed by atoms with Crippen molar-refractivity contribution in [1.29, 1.82) is 0 Å². The molecule has 0 saturated carbocycles. The Morgan fingerprint density at radius 1 is 0.903 bits per heavy atom. The molecule has 0 fully saturated rings. The molecule has 31 heavy (non-hydrogen) atoms. The molecule has 9 heteroatoms. The third kappa shape index (κ3) is 8.21. The zero-order valence-electron chi connectivity index (χ0n) is 17.3. The van der Waals surface area contributed by atoms with Crippen LogP contribution in [0.5, 0.6) is 0 Å².